The van der Waals surface area contributed by atoms with Gasteiger partial charge in [0.15, 0.2) is 0 Å². The van der Waals surface area contributed by atoms with E-state index in [1.165, 1.54) is 11.8 Å². The van der Waals surface area contributed by atoms with Crippen LogP contribution in [0.25, 0.3) is 0 Å². The molecule has 0 aliphatic heterocycles. The Kier molecular flexibility index (Phi) is 14.5. The number of nitrogens with one attached hydrogen (secondary N) is 3. The lowest BCUT2D eigenvalue weighted by atomic mass is 10.0. The normalized spacial score (nSPS) is 14.4. The summed E-state index contributed by atoms with van der Waals surface area (Å²) in [5, 5.41) is 16.5. The van der Waals surface area contributed by atoms with Gasteiger partial charge in [-0.05, 0) is 37.2 Å². The van der Waals surface area contributed by atoms with E-state index in [1.807, 2.05) is 6.26 Å². The largest absolute Gasteiger partial charge is 0.480 e. The average molecular weight is 505 g/mol. The molecule has 0 aromatic carbocycles. The standard InChI is InChI=1S/C20H36N6O7S/c1-10(2)16(20(32)33)26-19(31)13(5-7-15(23)28)25-18(30)12(4-6-14(22)27)24-17(29)11(21)8-9-34-3/h10-13,16H,4-9,21H2,1-3H3,(H2,22,27)(H2,23,28)(H,24,29)(H,25,30)(H,26,31)(H,32,33). The lowest BCUT2D eigenvalue weighted by molar-refractivity contribution is -0.143. The summed E-state index contributed by atoms with van der Waals surface area (Å²) in [5.41, 5.74) is 16.1. The first kappa shape index (κ1) is 31.1. The average Bonchev–Trinajstić information content (AvgIpc) is 2.74. The molecule has 34 heavy (non-hydrogen) atoms. The van der Waals surface area contributed by atoms with E-state index in [2.05, 4.69) is 16.0 Å². The third-order valence-corrected chi connectivity index (χ3v) is 5.47. The molecule has 0 aromatic heterocycles. The summed E-state index contributed by atoms with van der Waals surface area (Å²) < 4.78 is 0. The number of aliphatic carboxylic acids is 1. The second kappa shape index (κ2) is 15.9. The molecule has 0 saturated carbocycles. The van der Waals surface area contributed by atoms with Crippen molar-refractivity contribution in [2.45, 2.75) is 70.1 Å². The Hall–Kier alpha value is -2.87. The summed E-state index contributed by atoms with van der Waals surface area (Å²) in [6.45, 7) is 3.18. The van der Waals surface area contributed by atoms with E-state index in [-0.39, 0.29) is 25.7 Å². The van der Waals surface area contributed by atoms with Gasteiger partial charge in [0.2, 0.25) is 29.5 Å². The zero-order valence-corrected chi connectivity index (χ0v) is 20.5. The first-order valence-corrected chi connectivity index (χ1v) is 12.1. The molecule has 0 radical (unpaired) electrons. The highest BCUT2D eigenvalue weighted by Crippen LogP contribution is 2.07. The fourth-order valence-electron chi connectivity index (χ4n) is 2.81. The van der Waals surface area contributed by atoms with Crippen LogP contribution in [0, 0.1) is 5.92 Å². The Balaban J connectivity index is 5.58. The predicted molar refractivity (Wildman–Crippen MR) is 126 cm³/mol. The number of hydrogen-bond acceptors (Lipinski definition) is 8. The van der Waals surface area contributed by atoms with E-state index in [0.717, 1.165) is 0 Å². The van der Waals surface area contributed by atoms with Crippen molar-refractivity contribution in [3.05, 3.63) is 0 Å². The van der Waals surface area contributed by atoms with Crippen LogP contribution in [0.1, 0.15) is 46.0 Å². The Morgan fingerprint density at radius 2 is 1.24 bits per heavy atom. The van der Waals surface area contributed by atoms with Crippen molar-refractivity contribution in [3.63, 3.8) is 0 Å². The van der Waals surface area contributed by atoms with Gasteiger partial charge in [0.05, 0.1) is 6.04 Å². The van der Waals surface area contributed by atoms with E-state index in [0.29, 0.717) is 12.2 Å². The van der Waals surface area contributed by atoms with Crippen molar-refractivity contribution >= 4 is 47.3 Å². The van der Waals surface area contributed by atoms with Gasteiger partial charge in [-0.1, -0.05) is 13.8 Å². The van der Waals surface area contributed by atoms with Crippen LogP contribution < -0.4 is 33.2 Å². The monoisotopic (exact) mass is 504 g/mol. The van der Waals surface area contributed by atoms with Crippen LogP contribution in [-0.2, 0) is 28.8 Å². The predicted octanol–water partition coefficient (Wildman–Crippen LogP) is -2.21. The number of thioether (sulfide) groups is 1. The molecule has 10 N–H and O–H groups in total. The lowest BCUT2D eigenvalue weighted by Gasteiger charge is -2.25. The molecule has 0 heterocycles. The molecule has 0 aliphatic rings. The van der Waals surface area contributed by atoms with E-state index in [4.69, 9.17) is 17.2 Å². The number of rotatable bonds is 17. The molecular formula is C20H36N6O7S. The van der Waals surface area contributed by atoms with Gasteiger partial charge < -0.3 is 38.3 Å². The summed E-state index contributed by atoms with van der Waals surface area (Å²) in [7, 11) is 0. The van der Waals surface area contributed by atoms with Crippen molar-refractivity contribution in [3.8, 4) is 0 Å². The van der Waals surface area contributed by atoms with E-state index in [1.54, 1.807) is 13.8 Å². The number of nitrogens with two attached hydrogens (primary N) is 3. The van der Waals surface area contributed by atoms with Gasteiger partial charge in [-0.2, -0.15) is 11.8 Å². The quantitative estimate of drug-likeness (QED) is 0.113. The Morgan fingerprint density at radius 1 is 0.794 bits per heavy atom. The maximum Gasteiger partial charge on any atom is 0.326 e. The molecule has 0 spiro atoms. The van der Waals surface area contributed by atoms with Gasteiger partial charge >= 0.3 is 5.97 Å². The second-order valence-electron chi connectivity index (χ2n) is 8.09. The molecule has 0 saturated heterocycles. The zero-order chi connectivity index (χ0) is 26.4. The van der Waals surface area contributed by atoms with Crippen LogP contribution in [0.15, 0.2) is 0 Å². The minimum atomic E-state index is -1.32. The van der Waals surface area contributed by atoms with Crippen LogP contribution in [-0.4, -0.2) is 76.8 Å². The lowest BCUT2D eigenvalue weighted by Crippen LogP contribution is -2.57. The fraction of sp³-hybridized carbons (Fsp3) is 0.700. The van der Waals surface area contributed by atoms with Crippen molar-refractivity contribution < 1.29 is 33.9 Å². The number of hydrogen-bond donors (Lipinski definition) is 7. The van der Waals surface area contributed by atoms with E-state index >= 15 is 0 Å². The van der Waals surface area contributed by atoms with E-state index < -0.39 is 65.6 Å². The highest BCUT2D eigenvalue weighted by atomic mass is 32.2. The van der Waals surface area contributed by atoms with Crippen molar-refractivity contribution in [1.29, 1.82) is 0 Å². The van der Waals surface area contributed by atoms with Crippen molar-refractivity contribution in [2.24, 2.45) is 23.1 Å². The first-order chi connectivity index (χ1) is 15.8. The molecule has 13 nitrogen and oxygen atoms in total. The molecule has 4 atom stereocenters. The summed E-state index contributed by atoms with van der Waals surface area (Å²) >= 11 is 1.49. The van der Waals surface area contributed by atoms with Crippen LogP contribution in [0.4, 0.5) is 0 Å². The highest BCUT2D eigenvalue weighted by molar-refractivity contribution is 7.98. The molecule has 194 valence electrons. The van der Waals surface area contributed by atoms with Crippen LogP contribution >= 0.6 is 11.8 Å². The van der Waals surface area contributed by atoms with Gasteiger partial charge in [-0.25, -0.2) is 4.79 Å². The smallest absolute Gasteiger partial charge is 0.326 e. The molecule has 0 bridgehead atoms. The van der Waals surface area contributed by atoms with Gasteiger partial charge in [0.1, 0.15) is 18.1 Å². The molecule has 4 unspecified atom stereocenters. The minimum Gasteiger partial charge on any atom is -0.480 e. The third kappa shape index (κ3) is 12.4. The molecule has 0 rings (SSSR count). The number of carboxylic acids is 1. The highest BCUT2D eigenvalue weighted by Gasteiger charge is 2.31. The SMILES string of the molecule is CSCCC(N)C(=O)NC(CCC(N)=O)C(=O)NC(CCC(N)=O)C(=O)NC(C(=O)O)C(C)C. The Bertz CT molecular complexity index is 749. The van der Waals surface area contributed by atoms with Gasteiger partial charge in [-0.15, -0.1) is 0 Å². The summed E-state index contributed by atoms with van der Waals surface area (Å²) in [5.74, 6) is -4.84. The third-order valence-electron chi connectivity index (χ3n) is 4.83. The zero-order valence-electron chi connectivity index (χ0n) is 19.7. The molecular weight excluding hydrogens is 468 g/mol. The van der Waals surface area contributed by atoms with Gasteiger partial charge in [0, 0.05) is 12.8 Å². The number of carboxylic acid groups (broad SMARTS) is 1. The minimum absolute atomic E-state index is 0.157. The Morgan fingerprint density at radius 3 is 1.62 bits per heavy atom. The number of carbonyl (C=O) groups excluding carboxylic acids is 5. The maximum absolute atomic E-state index is 12.9. The number of carbonyl (C=O) groups is 6. The fourth-order valence-corrected chi connectivity index (χ4v) is 3.29. The van der Waals surface area contributed by atoms with Gasteiger partial charge in [-0.3, -0.25) is 24.0 Å². The Labute approximate surface area is 202 Å². The van der Waals surface area contributed by atoms with Crippen LogP contribution in [0.3, 0.4) is 0 Å². The second-order valence-corrected chi connectivity index (χ2v) is 9.07. The topological polar surface area (TPSA) is 237 Å². The maximum atomic E-state index is 12.9. The molecule has 0 aromatic rings. The van der Waals surface area contributed by atoms with Crippen molar-refractivity contribution in [1.82, 2.24) is 16.0 Å². The summed E-state index contributed by atoms with van der Waals surface area (Å²) in [6.07, 6.45) is 1.34. The molecule has 0 aliphatic carbocycles. The molecule has 0 fully saturated rings. The number of primary amides is 2. The summed E-state index contributed by atoms with van der Waals surface area (Å²) in [6, 6.07) is -4.70. The first-order valence-electron chi connectivity index (χ1n) is 10.7. The molecule has 5 amide bonds. The molecule has 14 heteroatoms. The van der Waals surface area contributed by atoms with Crippen LogP contribution in [0.2, 0.25) is 0 Å². The van der Waals surface area contributed by atoms with Crippen LogP contribution in [0.5, 0.6) is 0 Å². The summed E-state index contributed by atoms with van der Waals surface area (Å²) in [4.78, 5) is 71.9. The van der Waals surface area contributed by atoms with E-state index in [9.17, 15) is 33.9 Å². The number of amides is 5. The van der Waals surface area contributed by atoms with Gasteiger partial charge in [0.25, 0.3) is 0 Å². The van der Waals surface area contributed by atoms with Crippen molar-refractivity contribution in [2.75, 3.05) is 12.0 Å².